The molecule has 6 aliphatic rings. The Hall–Kier alpha value is -8.34. The zero-order chi connectivity index (χ0) is 65.1. The summed E-state index contributed by atoms with van der Waals surface area (Å²) in [5, 5.41) is 0. The van der Waals surface area contributed by atoms with Gasteiger partial charge in [-0.1, -0.05) is 262 Å². The molecule has 466 valence electrons. The number of anilines is 8. The van der Waals surface area contributed by atoms with Crippen LogP contribution in [0, 0.1) is 6.92 Å². The fraction of sp³-hybridized carbons (Fsp3) is 0.326. The topological polar surface area (TPSA) is 9.72 Å². The highest BCUT2D eigenvalue weighted by molar-refractivity contribution is 7.00. The van der Waals surface area contributed by atoms with Gasteiger partial charge in [0.1, 0.15) is 0 Å². The zero-order valence-corrected chi connectivity index (χ0v) is 58.3. The van der Waals surface area contributed by atoms with Crippen LogP contribution in [0.15, 0.2) is 200 Å². The molecule has 3 heterocycles. The molecular formula is C89H92BN3. The molecule has 0 N–H and O–H groups in total. The van der Waals surface area contributed by atoms with Crippen molar-refractivity contribution in [1.82, 2.24) is 0 Å². The zero-order valence-electron chi connectivity index (χ0n) is 58.3. The van der Waals surface area contributed by atoms with Gasteiger partial charge in [-0.15, -0.1) is 0 Å². The second-order valence-electron chi connectivity index (χ2n) is 33.4. The molecule has 0 radical (unpaired) electrons. The lowest BCUT2D eigenvalue weighted by Crippen LogP contribution is -2.62. The molecule has 93 heavy (non-hydrogen) atoms. The van der Waals surface area contributed by atoms with Crippen molar-refractivity contribution in [3.8, 4) is 22.3 Å². The Morgan fingerprint density at radius 1 is 0.344 bits per heavy atom. The number of hydrogen-bond donors (Lipinski definition) is 0. The minimum absolute atomic E-state index is 0.0356. The molecule has 10 aromatic rings. The molecule has 0 bridgehead atoms. The van der Waals surface area contributed by atoms with E-state index < -0.39 is 0 Å². The Bertz CT molecular complexity index is 4780. The SMILES string of the molecule is Cc1cc(C(C)(C)C)ccc1N1c2cc3c(cc2B2c4cc5c(cc4N(c4ccc(C(C)(C)C)cc4-c4ccccc4)c4cc(N6c7ccc(-c8ccccc8)cc7C7(C)CCCCC67C)cc1c42)C(C)(C)c1ccccc1C5(C)C)C(C)(C)c1ccccc1C3(C)C. The molecule has 2 unspecified atom stereocenters. The largest absolute Gasteiger partial charge is 0.334 e. The predicted molar refractivity (Wildman–Crippen MR) is 398 cm³/mol. The van der Waals surface area contributed by atoms with E-state index in [2.05, 4.69) is 333 Å². The van der Waals surface area contributed by atoms with Gasteiger partial charge in [0, 0.05) is 72.5 Å². The Kier molecular flexibility index (Phi) is 12.7. The van der Waals surface area contributed by atoms with E-state index in [4.69, 9.17) is 0 Å². The smallest absolute Gasteiger partial charge is 0.252 e. The fourth-order valence-electron chi connectivity index (χ4n) is 18.9. The first-order valence-corrected chi connectivity index (χ1v) is 34.7. The maximum atomic E-state index is 2.87. The van der Waals surface area contributed by atoms with E-state index in [-0.39, 0.29) is 50.2 Å². The van der Waals surface area contributed by atoms with Crippen LogP contribution in [0.25, 0.3) is 22.3 Å². The van der Waals surface area contributed by atoms with E-state index in [1.54, 1.807) is 0 Å². The van der Waals surface area contributed by atoms with E-state index in [1.807, 2.05) is 0 Å². The summed E-state index contributed by atoms with van der Waals surface area (Å²) in [5.41, 5.74) is 34.1. The standard InChI is InChI=1S/C89H92BN3/c1-55-46-59(82(2,3)4)39-42-74(55)91-77-53-69-67(84(8,9)63-34-24-26-36-65(63)86(69,12)13)51-72(77)90-73-52-68-70(87(14,15)66-37-27-25-35-64(66)85(68,10)11)54-78(73)92(75-43-40-60(83(5,6)7)48-62(75)57-32-22-19-23-33-57)80-50-61(49-79(91)81(80)90)93-76-41-38-58(56-30-20-18-21-31-56)47-71(76)88(16)44-28-29-45-89(88,93)17/h18-27,30-43,46-54H,28-29,44-45H2,1-17H3. The maximum Gasteiger partial charge on any atom is 0.252 e. The van der Waals surface area contributed by atoms with Gasteiger partial charge in [-0.2, -0.15) is 0 Å². The third-order valence-electron chi connectivity index (χ3n) is 24.5. The van der Waals surface area contributed by atoms with Gasteiger partial charge in [-0.3, -0.25) is 0 Å². The monoisotopic (exact) mass is 1210 g/mol. The quantitative estimate of drug-likeness (QED) is 0.159. The average molecular weight is 1210 g/mol. The van der Waals surface area contributed by atoms with Crippen LogP contribution in [-0.4, -0.2) is 12.3 Å². The average Bonchev–Trinajstić information content (AvgIpc) is 1.30. The van der Waals surface area contributed by atoms with Crippen LogP contribution in [-0.2, 0) is 37.9 Å². The molecule has 0 aromatic heterocycles. The lowest BCUT2D eigenvalue weighted by atomic mass is 9.32. The fourth-order valence-corrected chi connectivity index (χ4v) is 18.9. The van der Waals surface area contributed by atoms with Crippen LogP contribution in [0.2, 0.25) is 0 Å². The second-order valence-corrected chi connectivity index (χ2v) is 33.4. The molecule has 0 amide bonds. The lowest BCUT2D eigenvalue weighted by molar-refractivity contribution is 0.195. The van der Waals surface area contributed by atoms with Crippen molar-refractivity contribution < 1.29 is 0 Å². The summed E-state index contributed by atoms with van der Waals surface area (Å²) in [5.74, 6) is 0. The molecule has 4 heteroatoms. The van der Waals surface area contributed by atoms with E-state index in [0.717, 1.165) is 12.8 Å². The first-order valence-electron chi connectivity index (χ1n) is 34.7. The van der Waals surface area contributed by atoms with Crippen molar-refractivity contribution >= 4 is 68.6 Å². The van der Waals surface area contributed by atoms with Crippen LogP contribution in [0.4, 0.5) is 45.5 Å². The summed E-state index contributed by atoms with van der Waals surface area (Å²) < 4.78 is 0. The molecule has 0 saturated heterocycles. The predicted octanol–water partition coefficient (Wildman–Crippen LogP) is 21.7. The van der Waals surface area contributed by atoms with Crippen LogP contribution < -0.4 is 31.1 Å². The van der Waals surface area contributed by atoms with Gasteiger partial charge in [0.15, 0.2) is 0 Å². The first-order chi connectivity index (χ1) is 44.1. The van der Waals surface area contributed by atoms with Gasteiger partial charge in [-0.05, 0) is 192 Å². The minimum atomic E-state index is -0.300. The highest BCUT2D eigenvalue weighted by atomic mass is 15.3. The van der Waals surface area contributed by atoms with Crippen molar-refractivity contribution in [2.45, 2.75) is 187 Å². The van der Waals surface area contributed by atoms with Crippen LogP contribution >= 0.6 is 0 Å². The minimum Gasteiger partial charge on any atom is -0.334 e. The number of benzene rings is 10. The molecule has 16 rings (SSSR count). The van der Waals surface area contributed by atoms with Crippen LogP contribution in [0.3, 0.4) is 0 Å². The second kappa shape index (κ2) is 19.9. The summed E-state index contributed by atoms with van der Waals surface area (Å²) in [6, 6.07) is 79.6. The maximum absolute atomic E-state index is 2.87. The van der Waals surface area contributed by atoms with Crippen molar-refractivity contribution in [2.24, 2.45) is 0 Å². The molecule has 3 nitrogen and oxygen atoms in total. The lowest BCUT2D eigenvalue weighted by Gasteiger charge is -2.52. The van der Waals surface area contributed by atoms with Crippen LogP contribution in [0.5, 0.6) is 0 Å². The van der Waals surface area contributed by atoms with Gasteiger partial charge < -0.3 is 14.7 Å². The summed E-state index contributed by atoms with van der Waals surface area (Å²) in [7, 11) is 0. The molecule has 10 aromatic carbocycles. The molecular weight excluding hydrogens is 1120 g/mol. The van der Waals surface area contributed by atoms with E-state index in [0.29, 0.717) is 0 Å². The molecule has 1 fully saturated rings. The highest BCUT2D eigenvalue weighted by Gasteiger charge is 2.59. The third kappa shape index (κ3) is 8.34. The van der Waals surface area contributed by atoms with Crippen molar-refractivity contribution in [3.63, 3.8) is 0 Å². The Morgan fingerprint density at radius 2 is 0.774 bits per heavy atom. The van der Waals surface area contributed by atoms with Gasteiger partial charge in [0.05, 0.1) is 11.2 Å². The molecule has 3 aliphatic carbocycles. The summed E-state index contributed by atoms with van der Waals surface area (Å²) >= 11 is 0. The molecule has 3 aliphatic heterocycles. The van der Waals surface area contributed by atoms with Gasteiger partial charge in [0.2, 0.25) is 0 Å². The number of hydrogen-bond acceptors (Lipinski definition) is 3. The number of fused-ring (bicyclic) bond motifs is 11. The summed E-state index contributed by atoms with van der Waals surface area (Å²) in [6.07, 6.45) is 4.61. The van der Waals surface area contributed by atoms with Crippen molar-refractivity contribution in [2.75, 3.05) is 14.7 Å². The van der Waals surface area contributed by atoms with Crippen molar-refractivity contribution in [1.29, 1.82) is 0 Å². The van der Waals surface area contributed by atoms with Crippen molar-refractivity contribution in [3.05, 3.63) is 267 Å². The number of aryl methyl sites for hydroxylation is 1. The normalized spacial score (nSPS) is 20.5. The third-order valence-corrected chi connectivity index (χ3v) is 24.5. The highest BCUT2D eigenvalue weighted by Crippen LogP contribution is 2.63. The number of rotatable bonds is 5. The number of nitrogens with zero attached hydrogens (tertiary/aromatic N) is 3. The van der Waals surface area contributed by atoms with Gasteiger partial charge in [0.25, 0.3) is 6.71 Å². The van der Waals surface area contributed by atoms with Gasteiger partial charge in [-0.25, -0.2) is 0 Å². The van der Waals surface area contributed by atoms with Crippen LogP contribution in [0.1, 0.15) is 203 Å². The molecule has 0 spiro atoms. The summed E-state index contributed by atoms with van der Waals surface area (Å²) in [6.45, 7) is 41.6. The molecule has 1 saturated carbocycles. The van der Waals surface area contributed by atoms with E-state index in [9.17, 15) is 0 Å². The van der Waals surface area contributed by atoms with E-state index >= 15 is 0 Å². The Labute approximate surface area is 556 Å². The Balaban J connectivity index is 1.09. The first kappa shape index (κ1) is 59.7. The molecule has 2 atom stereocenters. The summed E-state index contributed by atoms with van der Waals surface area (Å²) in [4.78, 5) is 8.42. The van der Waals surface area contributed by atoms with E-state index in [1.165, 1.54) is 164 Å². The van der Waals surface area contributed by atoms with Gasteiger partial charge >= 0.3 is 0 Å². The Morgan fingerprint density at radius 3 is 1.27 bits per heavy atom.